The quantitative estimate of drug-likeness (QED) is 0.626. The first kappa shape index (κ1) is 19.5. The van der Waals surface area contributed by atoms with Crippen LogP contribution in [-0.2, 0) is 5.54 Å². The van der Waals surface area contributed by atoms with E-state index in [1.807, 2.05) is 12.1 Å². The largest absolute Gasteiger partial charge is 0.496 e. The van der Waals surface area contributed by atoms with Crippen molar-refractivity contribution in [3.8, 4) is 17.2 Å². The third-order valence-electron chi connectivity index (χ3n) is 7.60. The monoisotopic (exact) mass is 406 g/mol. The van der Waals surface area contributed by atoms with Crippen molar-refractivity contribution in [3.63, 3.8) is 0 Å². The second-order valence-corrected chi connectivity index (χ2v) is 9.46. The van der Waals surface area contributed by atoms with Crippen molar-refractivity contribution in [2.45, 2.75) is 44.1 Å². The van der Waals surface area contributed by atoms with E-state index in [0.717, 1.165) is 29.1 Å². The summed E-state index contributed by atoms with van der Waals surface area (Å²) in [6.07, 6.45) is 17.4. The highest BCUT2D eigenvalue weighted by Gasteiger charge is 2.56. The molecule has 0 atom stereocenters. The second kappa shape index (κ2) is 7.64. The van der Waals surface area contributed by atoms with Gasteiger partial charge in [-0.3, -0.25) is 0 Å². The summed E-state index contributed by atoms with van der Waals surface area (Å²) in [4.78, 5) is 0. The van der Waals surface area contributed by atoms with Crippen LogP contribution in [0, 0.1) is 17.8 Å². The van der Waals surface area contributed by atoms with Crippen LogP contribution in [0.3, 0.4) is 0 Å². The first-order valence-electron chi connectivity index (χ1n) is 11.1. The fraction of sp³-hybridized carbons (Fsp3) is 0.500. The van der Waals surface area contributed by atoms with Gasteiger partial charge in [0.05, 0.1) is 21.3 Å². The molecule has 1 heterocycles. The molecule has 30 heavy (non-hydrogen) atoms. The predicted octanol–water partition coefficient (Wildman–Crippen LogP) is 5.10. The Bertz CT molecular complexity index is 912. The van der Waals surface area contributed by atoms with Crippen molar-refractivity contribution in [1.82, 2.24) is 0 Å². The van der Waals surface area contributed by atoms with Crippen LogP contribution in [0.15, 0.2) is 36.7 Å². The van der Waals surface area contributed by atoms with E-state index in [1.165, 1.54) is 44.1 Å². The van der Waals surface area contributed by atoms with Gasteiger partial charge in [0.2, 0.25) is 0 Å². The van der Waals surface area contributed by atoms with Crippen LogP contribution >= 0.6 is 0 Å². The Morgan fingerprint density at radius 3 is 1.83 bits per heavy atom. The summed E-state index contributed by atoms with van der Waals surface area (Å²) in [7, 11) is 4.96. The summed E-state index contributed by atoms with van der Waals surface area (Å²) < 4.78 is 18.9. The first-order valence-corrected chi connectivity index (χ1v) is 11.1. The van der Waals surface area contributed by atoms with Gasteiger partial charge >= 0.3 is 0 Å². The van der Waals surface area contributed by atoms with Gasteiger partial charge in [-0.1, -0.05) is 12.2 Å². The zero-order valence-electron chi connectivity index (χ0n) is 18.3. The summed E-state index contributed by atoms with van der Waals surface area (Å²) in [5.41, 5.74) is 2.53. The number of rotatable bonds is 6. The van der Waals surface area contributed by atoms with E-state index >= 15 is 0 Å². The maximum atomic E-state index is 5.54. The number of hydrogen-bond donors (Lipinski definition) is 0. The molecule has 158 valence electrons. The van der Waals surface area contributed by atoms with Gasteiger partial charge in [0.15, 0.2) is 29.4 Å². The molecule has 0 amide bonds. The molecule has 1 aromatic heterocycles. The normalized spacial score (nSPS) is 29.4. The van der Waals surface area contributed by atoms with E-state index in [0.29, 0.717) is 17.0 Å². The van der Waals surface area contributed by atoms with Gasteiger partial charge in [0.25, 0.3) is 0 Å². The maximum absolute atomic E-state index is 5.54. The summed E-state index contributed by atoms with van der Waals surface area (Å²) in [6.45, 7) is 0. The van der Waals surface area contributed by atoms with Crippen LogP contribution in [0.1, 0.15) is 49.7 Å². The van der Waals surface area contributed by atoms with Crippen LogP contribution in [0.4, 0.5) is 0 Å². The molecule has 0 radical (unpaired) electrons. The van der Waals surface area contributed by atoms with Gasteiger partial charge in [0.1, 0.15) is 5.75 Å². The molecule has 0 saturated heterocycles. The van der Waals surface area contributed by atoms with Gasteiger partial charge in [-0.25, -0.2) is 0 Å². The molecule has 2 aromatic rings. The molecular formula is C26H32NO3+. The molecule has 1 aromatic carbocycles. The lowest BCUT2D eigenvalue weighted by molar-refractivity contribution is -0.776. The Balaban J connectivity index is 1.38. The smallest absolute Gasteiger partial charge is 0.169 e. The van der Waals surface area contributed by atoms with Gasteiger partial charge < -0.3 is 14.2 Å². The summed E-state index contributed by atoms with van der Waals surface area (Å²) >= 11 is 0. The minimum absolute atomic E-state index is 0.379. The third-order valence-corrected chi connectivity index (χ3v) is 7.60. The highest BCUT2D eigenvalue weighted by atomic mass is 16.5. The van der Waals surface area contributed by atoms with E-state index in [1.54, 1.807) is 21.3 Å². The maximum Gasteiger partial charge on any atom is 0.169 e. The number of pyridine rings is 1. The fourth-order valence-corrected chi connectivity index (χ4v) is 6.62. The van der Waals surface area contributed by atoms with Crippen LogP contribution in [0.2, 0.25) is 0 Å². The van der Waals surface area contributed by atoms with Gasteiger partial charge in [-0.05, 0) is 48.6 Å². The van der Waals surface area contributed by atoms with E-state index < -0.39 is 0 Å². The molecule has 4 fully saturated rings. The molecule has 4 heteroatoms. The molecule has 4 nitrogen and oxygen atoms in total. The molecule has 4 aliphatic rings. The average molecular weight is 407 g/mol. The van der Waals surface area contributed by atoms with Crippen molar-refractivity contribution < 1.29 is 18.8 Å². The molecular weight excluding hydrogens is 374 g/mol. The standard InChI is InChI=1S/C26H32NO3/c1-28-23-14-25(30-3)24(29-2)13-22(23)5-4-18-6-8-27(9-7-18)26-15-19-10-20(16-26)12-21(11-19)17-26/h4-9,13-14,19-21H,10-12,15-17H2,1-3H3/q+1. The van der Waals surface area contributed by atoms with Crippen LogP contribution in [0.25, 0.3) is 12.2 Å². The van der Waals surface area contributed by atoms with E-state index in [2.05, 4.69) is 41.2 Å². The van der Waals surface area contributed by atoms with E-state index in [9.17, 15) is 0 Å². The molecule has 0 N–H and O–H groups in total. The van der Waals surface area contributed by atoms with Crippen molar-refractivity contribution >= 4 is 12.2 Å². The zero-order chi connectivity index (χ0) is 20.7. The number of methoxy groups -OCH3 is 3. The van der Waals surface area contributed by atoms with Crippen LogP contribution in [0.5, 0.6) is 17.2 Å². The van der Waals surface area contributed by atoms with Crippen molar-refractivity contribution in [2.24, 2.45) is 17.8 Å². The Morgan fingerprint density at radius 1 is 0.767 bits per heavy atom. The Morgan fingerprint density at radius 2 is 1.30 bits per heavy atom. The molecule has 0 unspecified atom stereocenters. The van der Waals surface area contributed by atoms with Crippen LogP contribution in [-0.4, -0.2) is 21.3 Å². The molecule has 4 aliphatic carbocycles. The number of aromatic nitrogens is 1. The minimum atomic E-state index is 0.379. The Hall–Kier alpha value is -2.49. The predicted molar refractivity (Wildman–Crippen MR) is 118 cm³/mol. The van der Waals surface area contributed by atoms with Crippen molar-refractivity contribution in [2.75, 3.05) is 21.3 Å². The first-order chi connectivity index (χ1) is 14.6. The molecule has 4 saturated carbocycles. The van der Waals surface area contributed by atoms with Gasteiger partial charge in [-0.2, -0.15) is 4.57 Å². The fourth-order valence-electron chi connectivity index (χ4n) is 6.62. The molecule has 4 bridgehead atoms. The average Bonchev–Trinajstić information content (AvgIpc) is 2.76. The van der Waals surface area contributed by atoms with Crippen molar-refractivity contribution in [3.05, 3.63) is 47.8 Å². The lowest BCUT2D eigenvalue weighted by atomic mass is 9.53. The van der Waals surface area contributed by atoms with E-state index in [4.69, 9.17) is 14.2 Å². The number of ether oxygens (including phenoxy) is 3. The number of nitrogens with zero attached hydrogens (tertiary/aromatic N) is 1. The van der Waals surface area contributed by atoms with E-state index in [-0.39, 0.29) is 0 Å². The van der Waals surface area contributed by atoms with Crippen LogP contribution < -0.4 is 18.8 Å². The van der Waals surface area contributed by atoms with Gasteiger partial charge in [-0.15, -0.1) is 0 Å². The topological polar surface area (TPSA) is 31.6 Å². The highest BCUT2D eigenvalue weighted by molar-refractivity contribution is 5.74. The number of hydrogen-bond acceptors (Lipinski definition) is 3. The lowest BCUT2D eigenvalue weighted by Gasteiger charge is -2.53. The summed E-state index contributed by atoms with van der Waals surface area (Å²) in [5.74, 6) is 5.01. The van der Waals surface area contributed by atoms with Gasteiger partial charge in [0, 0.05) is 43.0 Å². The number of benzene rings is 1. The lowest BCUT2D eigenvalue weighted by Crippen LogP contribution is -2.64. The zero-order valence-corrected chi connectivity index (χ0v) is 18.3. The Labute approximate surface area is 179 Å². The summed E-state index contributed by atoms with van der Waals surface area (Å²) in [5, 5.41) is 0. The highest BCUT2D eigenvalue weighted by Crippen LogP contribution is 2.56. The molecule has 0 aliphatic heterocycles. The molecule has 6 rings (SSSR count). The second-order valence-electron chi connectivity index (χ2n) is 9.46. The molecule has 0 spiro atoms. The summed E-state index contributed by atoms with van der Waals surface area (Å²) in [6, 6.07) is 8.29. The third kappa shape index (κ3) is 3.36. The Kier molecular flexibility index (Phi) is 4.96. The minimum Gasteiger partial charge on any atom is -0.496 e. The SMILES string of the molecule is COc1cc(OC)c(OC)cc1C=Cc1cc[n+](C23CC4CC(CC(C4)C2)C3)cc1. The van der Waals surface area contributed by atoms with Crippen molar-refractivity contribution in [1.29, 1.82) is 0 Å².